The topological polar surface area (TPSA) is 114 Å². The molecular weight excluding hydrogens is 410 g/mol. The van der Waals surface area contributed by atoms with Crippen molar-refractivity contribution >= 4 is 17.6 Å². The van der Waals surface area contributed by atoms with Crippen LogP contribution in [0.4, 0.5) is 0 Å². The Hall–Kier alpha value is -2.89. The second-order valence-corrected chi connectivity index (χ2v) is 7.89. The number of nitrogens with zero attached hydrogens (tertiary/aromatic N) is 2. The Morgan fingerprint density at radius 3 is 2.40 bits per heavy atom. The molecule has 9 heteroatoms. The van der Waals surface area contributed by atoms with Gasteiger partial charge in [0.15, 0.2) is 10.8 Å². The molecular formula is C21H24ClN3O5. The van der Waals surface area contributed by atoms with Crippen LogP contribution in [0.15, 0.2) is 29.1 Å². The summed E-state index contributed by atoms with van der Waals surface area (Å²) < 4.78 is 16.1. The van der Waals surface area contributed by atoms with Crippen molar-refractivity contribution in [3.05, 3.63) is 56.5 Å². The van der Waals surface area contributed by atoms with E-state index in [0.717, 1.165) is 11.1 Å². The van der Waals surface area contributed by atoms with E-state index in [2.05, 4.69) is 10.2 Å². The van der Waals surface area contributed by atoms with Gasteiger partial charge in [-0.3, -0.25) is 9.59 Å². The first-order chi connectivity index (χ1) is 14.2. The zero-order valence-electron chi connectivity index (χ0n) is 17.2. The first-order valence-corrected chi connectivity index (χ1v) is 9.69. The lowest BCUT2D eigenvalue weighted by Gasteiger charge is -2.21. The fourth-order valence-corrected chi connectivity index (χ4v) is 2.65. The Bertz CT molecular complexity index is 959. The normalized spacial score (nSPS) is 11.0. The second-order valence-electron chi connectivity index (χ2n) is 7.51. The van der Waals surface area contributed by atoms with Gasteiger partial charge in [0.05, 0.1) is 19.3 Å². The molecule has 1 heterocycles. The number of aromatic amines is 1. The average Bonchev–Trinajstić information content (AvgIpc) is 2.69. The summed E-state index contributed by atoms with van der Waals surface area (Å²) in [6.45, 7) is 6.79. The Morgan fingerprint density at radius 2 is 1.80 bits per heavy atom. The molecule has 0 unspecified atom stereocenters. The monoisotopic (exact) mass is 433 g/mol. The summed E-state index contributed by atoms with van der Waals surface area (Å²) in [6, 6.07) is 9.28. The molecule has 0 fully saturated rings. The summed E-state index contributed by atoms with van der Waals surface area (Å²) in [4.78, 5) is 22.9. The van der Waals surface area contributed by atoms with Crippen molar-refractivity contribution < 1.29 is 19.0 Å². The molecule has 0 amide bonds. The SMILES string of the molecule is CC(C)(C)c1n[nH]c(=O)c(Cl)c1OCc1ccc(COCCOC(=O)CC#N)cc1. The molecule has 0 radical (unpaired) electrons. The number of esters is 1. The van der Waals surface area contributed by atoms with Crippen molar-refractivity contribution in [2.45, 2.75) is 45.8 Å². The third kappa shape index (κ3) is 6.87. The molecule has 0 saturated carbocycles. The van der Waals surface area contributed by atoms with Crippen LogP contribution in [-0.2, 0) is 32.9 Å². The molecule has 0 spiro atoms. The molecule has 0 aliphatic rings. The fraction of sp³-hybridized carbons (Fsp3) is 0.429. The molecule has 0 atom stereocenters. The van der Waals surface area contributed by atoms with E-state index in [1.807, 2.05) is 45.0 Å². The smallest absolute Gasteiger partial charge is 0.320 e. The Labute approximate surface area is 179 Å². The van der Waals surface area contributed by atoms with E-state index in [-0.39, 0.29) is 42.4 Å². The summed E-state index contributed by atoms with van der Waals surface area (Å²) in [7, 11) is 0. The molecule has 1 aromatic heterocycles. The number of carbonyl (C=O) groups excluding carboxylic acids is 1. The minimum atomic E-state index is -0.559. The van der Waals surface area contributed by atoms with Gasteiger partial charge >= 0.3 is 5.97 Å². The number of benzene rings is 1. The van der Waals surface area contributed by atoms with Gasteiger partial charge in [0.1, 0.15) is 25.3 Å². The number of aromatic nitrogens is 2. The molecule has 160 valence electrons. The van der Waals surface area contributed by atoms with Crippen molar-refractivity contribution in [2.75, 3.05) is 13.2 Å². The zero-order valence-corrected chi connectivity index (χ0v) is 17.9. The summed E-state index contributed by atoms with van der Waals surface area (Å²) in [6.07, 6.45) is -0.264. The van der Waals surface area contributed by atoms with Crippen LogP contribution in [-0.4, -0.2) is 29.4 Å². The van der Waals surface area contributed by atoms with Gasteiger partial charge in [-0.1, -0.05) is 56.6 Å². The number of rotatable bonds is 9. The summed E-state index contributed by atoms with van der Waals surface area (Å²) in [5.74, 6) is -0.276. The van der Waals surface area contributed by atoms with Gasteiger partial charge in [-0.25, -0.2) is 5.10 Å². The van der Waals surface area contributed by atoms with Gasteiger partial charge in [0, 0.05) is 5.41 Å². The minimum absolute atomic E-state index is 0.0181. The van der Waals surface area contributed by atoms with Crippen molar-refractivity contribution in [2.24, 2.45) is 0 Å². The lowest BCUT2D eigenvalue weighted by atomic mass is 9.91. The number of ether oxygens (including phenoxy) is 3. The molecule has 1 aromatic carbocycles. The number of H-pyrrole nitrogens is 1. The van der Waals surface area contributed by atoms with E-state index in [1.165, 1.54) is 0 Å². The predicted molar refractivity (Wildman–Crippen MR) is 110 cm³/mol. The van der Waals surface area contributed by atoms with E-state index in [0.29, 0.717) is 12.3 Å². The number of carbonyl (C=O) groups is 1. The third-order valence-electron chi connectivity index (χ3n) is 3.98. The molecule has 1 N–H and O–H groups in total. The molecule has 2 aromatic rings. The quantitative estimate of drug-likeness (QED) is 0.476. The number of nitriles is 1. The number of hydrogen-bond acceptors (Lipinski definition) is 7. The molecule has 8 nitrogen and oxygen atoms in total. The van der Waals surface area contributed by atoms with E-state index in [1.54, 1.807) is 6.07 Å². The van der Waals surface area contributed by atoms with E-state index in [4.69, 9.17) is 31.1 Å². The molecule has 0 saturated heterocycles. The maximum atomic E-state index is 11.8. The molecule has 0 bridgehead atoms. The Kier molecular flexibility index (Phi) is 8.39. The predicted octanol–water partition coefficient (Wildman–Crippen LogP) is 3.27. The van der Waals surface area contributed by atoms with Crippen LogP contribution in [0.25, 0.3) is 0 Å². The van der Waals surface area contributed by atoms with Gasteiger partial charge in [0.2, 0.25) is 0 Å². The van der Waals surface area contributed by atoms with Crippen LogP contribution in [0.3, 0.4) is 0 Å². The first-order valence-electron chi connectivity index (χ1n) is 9.32. The highest BCUT2D eigenvalue weighted by Crippen LogP contribution is 2.33. The van der Waals surface area contributed by atoms with E-state index < -0.39 is 11.5 Å². The van der Waals surface area contributed by atoms with Crippen LogP contribution in [0.5, 0.6) is 5.75 Å². The van der Waals surface area contributed by atoms with Gasteiger partial charge in [-0.15, -0.1) is 0 Å². The zero-order chi connectivity index (χ0) is 22.1. The Balaban J connectivity index is 1.89. The number of halogens is 1. The van der Waals surface area contributed by atoms with Crippen molar-refractivity contribution in [3.63, 3.8) is 0 Å². The minimum Gasteiger partial charge on any atom is -0.485 e. The van der Waals surface area contributed by atoms with Gasteiger partial charge in [0.25, 0.3) is 5.56 Å². The van der Waals surface area contributed by atoms with Crippen LogP contribution in [0.2, 0.25) is 5.02 Å². The molecule has 2 rings (SSSR count). The van der Waals surface area contributed by atoms with Crippen molar-refractivity contribution in [3.8, 4) is 11.8 Å². The standard InChI is InChI=1S/C21H24ClN3O5/c1-21(2,3)19-18(17(22)20(27)25-24-19)30-13-15-6-4-14(5-7-15)12-28-10-11-29-16(26)8-9-23/h4-7H,8,10-13H2,1-3H3,(H,25,27). The van der Waals surface area contributed by atoms with E-state index >= 15 is 0 Å². The number of nitrogens with one attached hydrogen (secondary N) is 1. The number of hydrogen-bond donors (Lipinski definition) is 1. The lowest BCUT2D eigenvalue weighted by molar-refractivity contribution is -0.144. The lowest BCUT2D eigenvalue weighted by Crippen LogP contribution is -2.22. The van der Waals surface area contributed by atoms with Gasteiger partial charge < -0.3 is 14.2 Å². The highest BCUT2D eigenvalue weighted by molar-refractivity contribution is 6.31. The van der Waals surface area contributed by atoms with Crippen LogP contribution in [0, 0.1) is 11.3 Å². The summed E-state index contributed by atoms with van der Waals surface area (Å²) >= 11 is 6.14. The Morgan fingerprint density at radius 1 is 1.17 bits per heavy atom. The van der Waals surface area contributed by atoms with Crippen LogP contribution in [0.1, 0.15) is 44.0 Å². The summed E-state index contributed by atoms with van der Waals surface area (Å²) in [5, 5.41) is 14.8. The molecule has 0 aliphatic heterocycles. The maximum absolute atomic E-state index is 11.8. The average molecular weight is 434 g/mol. The first kappa shape index (κ1) is 23.4. The van der Waals surface area contributed by atoms with Crippen molar-refractivity contribution in [1.29, 1.82) is 5.26 Å². The molecule has 0 aliphatic carbocycles. The fourth-order valence-electron chi connectivity index (χ4n) is 2.46. The highest BCUT2D eigenvalue weighted by Gasteiger charge is 2.25. The summed E-state index contributed by atoms with van der Waals surface area (Å²) in [5.41, 5.74) is 1.56. The molecule has 30 heavy (non-hydrogen) atoms. The van der Waals surface area contributed by atoms with Gasteiger partial charge in [-0.05, 0) is 11.1 Å². The van der Waals surface area contributed by atoms with Crippen LogP contribution >= 0.6 is 11.6 Å². The highest BCUT2D eigenvalue weighted by atomic mass is 35.5. The maximum Gasteiger partial charge on any atom is 0.320 e. The van der Waals surface area contributed by atoms with E-state index in [9.17, 15) is 9.59 Å². The van der Waals surface area contributed by atoms with Crippen molar-refractivity contribution in [1.82, 2.24) is 10.2 Å². The van der Waals surface area contributed by atoms with Crippen LogP contribution < -0.4 is 10.3 Å². The second kappa shape index (κ2) is 10.8. The largest absolute Gasteiger partial charge is 0.485 e. The van der Waals surface area contributed by atoms with Gasteiger partial charge in [-0.2, -0.15) is 10.4 Å². The third-order valence-corrected chi connectivity index (χ3v) is 4.33.